The van der Waals surface area contributed by atoms with Crippen molar-refractivity contribution in [3.8, 4) is 5.75 Å². The van der Waals surface area contributed by atoms with E-state index in [0.29, 0.717) is 30.7 Å². The maximum absolute atomic E-state index is 12.8. The first kappa shape index (κ1) is 20.8. The topological polar surface area (TPSA) is 75.3 Å². The van der Waals surface area contributed by atoms with Crippen molar-refractivity contribution in [2.45, 2.75) is 33.2 Å². The third-order valence-corrected chi connectivity index (χ3v) is 6.00. The Balaban J connectivity index is 1.70. The largest absolute Gasteiger partial charge is 0.497 e. The van der Waals surface area contributed by atoms with Crippen LogP contribution in [0.5, 0.6) is 5.75 Å². The van der Waals surface area contributed by atoms with E-state index in [4.69, 9.17) is 4.74 Å². The summed E-state index contributed by atoms with van der Waals surface area (Å²) in [5.41, 5.74) is 1.84. The Morgan fingerprint density at radius 3 is 2.69 bits per heavy atom. The van der Waals surface area contributed by atoms with Gasteiger partial charge in [-0.1, -0.05) is 18.2 Å². The van der Waals surface area contributed by atoms with Crippen molar-refractivity contribution in [1.82, 2.24) is 14.9 Å². The number of amides is 1. The Kier molecular flexibility index (Phi) is 6.49. The molecule has 152 valence electrons. The fourth-order valence-electron chi connectivity index (χ4n) is 3.16. The number of benzene rings is 1. The molecule has 0 bridgehead atoms. The summed E-state index contributed by atoms with van der Waals surface area (Å²) in [5, 5.41) is 0.648. The minimum Gasteiger partial charge on any atom is -0.497 e. The van der Waals surface area contributed by atoms with Crippen molar-refractivity contribution in [1.29, 1.82) is 0 Å². The highest BCUT2D eigenvalue weighted by Gasteiger charge is 2.16. The second-order valence-electron chi connectivity index (χ2n) is 6.89. The van der Waals surface area contributed by atoms with E-state index in [9.17, 15) is 9.59 Å². The Morgan fingerprint density at radius 1 is 1.31 bits per heavy atom. The van der Waals surface area contributed by atoms with Gasteiger partial charge in [-0.25, -0.2) is 4.98 Å². The number of nitrogens with one attached hydrogen (secondary N) is 1. The van der Waals surface area contributed by atoms with Crippen LogP contribution in [0, 0.1) is 13.8 Å². The van der Waals surface area contributed by atoms with Crippen molar-refractivity contribution in [2.75, 3.05) is 13.7 Å². The van der Waals surface area contributed by atoms with Gasteiger partial charge in [-0.15, -0.1) is 17.9 Å². The van der Waals surface area contributed by atoms with Crippen LogP contribution in [0.2, 0.25) is 0 Å². The van der Waals surface area contributed by atoms with E-state index >= 15 is 0 Å². The lowest BCUT2D eigenvalue weighted by Gasteiger charge is -2.21. The number of rotatable bonds is 8. The molecule has 1 aromatic carbocycles. The number of carbonyl (C=O) groups is 1. The van der Waals surface area contributed by atoms with Crippen LogP contribution in [0.1, 0.15) is 28.2 Å². The van der Waals surface area contributed by atoms with Crippen LogP contribution in [0.25, 0.3) is 10.2 Å². The van der Waals surface area contributed by atoms with Gasteiger partial charge in [0.05, 0.1) is 12.5 Å². The molecule has 0 aliphatic carbocycles. The molecule has 29 heavy (non-hydrogen) atoms. The number of hydrogen-bond acceptors (Lipinski definition) is 5. The summed E-state index contributed by atoms with van der Waals surface area (Å²) in [7, 11) is 1.62. The van der Waals surface area contributed by atoms with Crippen LogP contribution in [0.3, 0.4) is 0 Å². The lowest BCUT2D eigenvalue weighted by atomic mass is 10.2. The zero-order chi connectivity index (χ0) is 21.0. The highest BCUT2D eigenvalue weighted by Crippen LogP contribution is 2.25. The molecule has 2 heterocycles. The monoisotopic (exact) mass is 411 g/mol. The first-order chi connectivity index (χ1) is 13.9. The van der Waals surface area contributed by atoms with Crippen molar-refractivity contribution in [3.05, 3.63) is 69.1 Å². The summed E-state index contributed by atoms with van der Waals surface area (Å²) < 4.78 is 5.17. The average molecular weight is 412 g/mol. The van der Waals surface area contributed by atoms with Crippen LogP contribution in [0.4, 0.5) is 0 Å². The molecule has 1 amide bonds. The van der Waals surface area contributed by atoms with E-state index in [1.165, 1.54) is 11.3 Å². The quantitative estimate of drug-likeness (QED) is 0.573. The van der Waals surface area contributed by atoms with Crippen molar-refractivity contribution in [3.63, 3.8) is 0 Å². The summed E-state index contributed by atoms with van der Waals surface area (Å²) in [6.45, 7) is 8.61. The minimum absolute atomic E-state index is 0.0120. The van der Waals surface area contributed by atoms with E-state index in [-0.39, 0.29) is 17.9 Å². The Morgan fingerprint density at radius 2 is 2.03 bits per heavy atom. The number of ether oxygens (including phenoxy) is 1. The van der Waals surface area contributed by atoms with E-state index in [1.54, 1.807) is 18.1 Å². The molecule has 0 fully saturated rings. The van der Waals surface area contributed by atoms with Crippen molar-refractivity contribution in [2.24, 2.45) is 0 Å². The predicted molar refractivity (Wildman–Crippen MR) is 117 cm³/mol. The summed E-state index contributed by atoms with van der Waals surface area (Å²) in [5.74, 6) is 1.31. The first-order valence-electron chi connectivity index (χ1n) is 9.43. The molecule has 3 rings (SSSR count). The van der Waals surface area contributed by atoms with E-state index in [0.717, 1.165) is 26.6 Å². The number of aromatic amines is 1. The van der Waals surface area contributed by atoms with Gasteiger partial charge >= 0.3 is 0 Å². The molecular formula is C22H25N3O3S. The number of thiophene rings is 1. The molecule has 6 nitrogen and oxygen atoms in total. The number of aromatic nitrogens is 2. The molecule has 0 saturated heterocycles. The van der Waals surface area contributed by atoms with Gasteiger partial charge in [-0.3, -0.25) is 9.59 Å². The summed E-state index contributed by atoms with van der Waals surface area (Å²) in [6, 6.07) is 7.63. The van der Waals surface area contributed by atoms with Gasteiger partial charge in [0.1, 0.15) is 16.4 Å². The average Bonchev–Trinajstić information content (AvgIpc) is 3.00. The molecular weight excluding hydrogens is 386 g/mol. The first-order valence-corrected chi connectivity index (χ1v) is 10.2. The molecule has 0 spiro atoms. The summed E-state index contributed by atoms with van der Waals surface area (Å²) >= 11 is 1.51. The van der Waals surface area contributed by atoms with Crippen LogP contribution in [-0.4, -0.2) is 34.4 Å². The van der Waals surface area contributed by atoms with Crippen molar-refractivity contribution >= 4 is 27.5 Å². The molecule has 1 N–H and O–H groups in total. The van der Waals surface area contributed by atoms with Crippen LogP contribution < -0.4 is 10.3 Å². The number of H-pyrrole nitrogens is 1. The van der Waals surface area contributed by atoms with Gasteiger partial charge in [0.25, 0.3) is 5.56 Å². The van der Waals surface area contributed by atoms with Crippen LogP contribution in [0.15, 0.2) is 41.7 Å². The molecule has 0 aliphatic rings. The molecule has 0 atom stereocenters. The van der Waals surface area contributed by atoms with Crippen molar-refractivity contribution < 1.29 is 9.53 Å². The second-order valence-corrected chi connectivity index (χ2v) is 8.09. The standard InChI is InChI=1S/C22H25N3O3S/c1-5-12-25(13-16-6-8-17(28-4)9-7-16)19(26)11-10-18-23-21(27)20-14(2)15(3)29-22(20)24-18/h5-9H,1,10-13H2,2-4H3,(H,23,24,27). The van der Waals surface area contributed by atoms with Crippen LogP contribution >= 0.6 is 11.3 Å². The number of nitrogens with zero attached hydrogens (tertiary/aromatic N) is 2. The highest BCUT2D eigenvalue weighted by molar-refractivity contribution is 7.18. The number of fused-ring (bicyclic) bond motifs is 1. The SMILES string of the molecule is C=CCN(Cc1ccc(OC)cc1)C(=O)CCc1nc2sc(C)c(C)c2c(=O)[nH]1. The summed E-state index contributed by atoms with van der Waals surface area (Å²) in [4.78, 5) is 36.1. The van der Waals surface area contributed by atoms with Gasteiger partial charge in [0, 0.05) is 30.8 Å². The lowest BCUT2D eigenvalue weighted by molar-refractivity contribution is -0.131. The molecule has 0 radical (unpaired) electrons. The van der Waals surface area contributed by atoms with Gasteiger partial charge in [-0.05, 0) is 37.1 Å². The second kappa shape index (κ2) is 9.05. The van der Waals surface area contributed by atoms with Crippen LogP contribution in [-0.2, 0) is 17.8 Å². The van der Waals surface area contributed by atoms with E-state index < -0.39 is 0 Å². The molecule has 0 saturated carbocycles. The predicted octanol–water partition coefficient (Wildman–Crippen LogP) is 3.76. The van der Waals surface area contributed by atoms with Gasteiger partial charge < -0.3 is 14.6 Å². The number of methoxy groups -OCH3 is 1. The van der Waals surface area contributed by atoms with E-state index in [2.05, 4.69) is 16.5 Å². The highest BCUT2D eigenvalue weighted by atomic mass is 32.1. The smallest absolute Gasteiger partial charge is 0.259 e. The molecule has 0 unspecified atom stereocenters. The third kappa shape index (κ3) is 4.74. The zero-order valence-corrected chi connectivity index (χ0v) is 17.8. The van der Waals surface area contributed by atoms with Gasteiger partial charge in [0.15, 0.2) is 0 Å². The fourth-order valence-corrected chi connectivity index (χ4v) is 4.21. The number of hydrogen-bond donors (Lipinski definition) is 1. The summed E-state index contributed by atoms with van der Waals surface area (Å²) in [6.07, 6.45) is 2.36. The normalized spacial score (nSPS) is 10.9. The maximum atomic E-state index is 12.8. The third-order valence-electron chi connectivity index (χ3n) is 4.90. The number of carbonyl (C=O) groups excluding carboxylic acids is 1. The Bertz CT molecular complexity index is 1080. The molecule has 7 heteroatoms. The lowest BCUT2D eigenvalue weighted by Crippen LogP contribution is -2.31. The van der Waals surface area contributed by atoms with E-state index in [1.807, 2.05) is 38.1 Å². The maximum Gasteiger partial charge on any atom is 0.259 e. The number of aryl methyl sites for hydroxylation is 3. The van der Waals surface area contributed by atoms with Gasteiger partial charge in [-0.2, -0.15) is 0 Å². The molecule has 0 aliphatic heterocycles. The Labute approximate surface area is 173 Å². The Hall–Kier alpha value is -2.93. The zero-order valence-electron chi connectivity index (χ0n) is 16.9. The molecule has 2 aromatic heterocycles. The van der Waals surface area contributed by atoms with Gasteiger partial charge in [0.2, 0.25) is 5.91 Å². The minimum atomic E-state index is -0.138. The fraction of sp³-hybridized carbons (Fsp3) is 0.318. The molecule has 3 aromatic rings.